The minimum atomic E-state index is -0.138. The first kappa shape index (κ1) is 26.6. The molecule has 3 nitrogen and oxygen atoms in total. The molecule has 34 heavy (non-hydrogen) atoms. The largest absolute Gasteiger partial charge is 0.337 e. The predicted molar refractivity (Wildman–Crippen MR) is 150 cm³/mol. The molecule has 2 aromatic carbocycles. The highest BCUT2D eigenvalue weighted by Gasteiger charge is 2.20. The molecule has 0 aliphatic rings. The van der Waals surface area contributed by atoms with Crippen molar-refractivity contribution in [1.29, 1.82) is 0 Å². The number of halogens is 1. The van der Waals surface area contributed by atoms with Gasteiger partial charge in [-0.1, -0.05) is 84.2 Å². The number of carbonyl (C=O) groups is 1. The van der Waals surface area contributed by atoms with Gasteiger partial charge in [-0.2, -0.15) is 0 Å². The Morgan fingerprint density at radius 2 is 1.62 bits per heavy atom. The van der Waals surface area contributed by atoms with Gasteiger partial charge < -0.3 is 10.6 Å². The van der Waals surface area contributed by atoms with Crippen molar-refractivity contribution in [3.05, 3.63) is 63.5 Å². The molecule has 2 amide bonds. The fourth-order valence-electron chi connectivity index (χ4n) is 4.55. The summed E-state index contributed by atoms with van der Waals surface area (Å²) < 4.78 is 1.24. The molecule has 3 aromatic rings. The van der Waals surface area contributed by atoms with Crippen molar-refractivity contribution in [2.45, 2.75) is 78.6 Å². The lowest BCUT2D eigenvalue weighted by molar-refractivity contribution is 0.251. The van der Waals surface area contributed by atoms with E-state index >= 15 is 0 Å². The van der Waals surface area contributed by atoms with Crippen LogP contribution in [0.5, 0.6) is 0 Å². The van der Waals surface area contributed by atoms with Crippen molar-refractivity contribution in [3.63, 3.8) is 0 Å². The number of hydrogen-bond acceptors (Lipinski definition) is 2. The number of para-hydroxylation sites is 1. The van der Waals surface area contributed by atoms with Crippen LogP contribution in [0.3, 0.4) is 0 Å². The molecule has 1 heterocycles. The molecule has 0 spiro atoms. The van der Waals surface area contributed by atoms with E-state index in [0.29, 0.717) is 24.3 Å². The van der Waals surface area contributed by atoms with Crippen LogP contribution in [-0.4, -0.2) is 12.6 Å². The van der Waals surface area contributed by atoms with Crippen LogP contribution >= 0.6 is 22.9 Å². The summed E-state index contributed by atoms with van der Waals surface area (Å²) in [6.07, 6.45) is 3.36. The van der Waals surface area contributed by atoms with Gasteiger partial charge in [-0.3, -0.25) is 0 Å². The van der Waals surface area contributed by atoms with Gasteiger partial charge in [0.25, 0.3) is 0 Å². The minimum absolute atomic E-state index is 0.138. The van der Waals surface area contributed by atoms with Crippen molar-refractivity contribution in [1.82, 2.24) is 5.32 Å². The molecular weight excluding hydrogens is 460 g/mol. The molecule has 5 heteroatoms. The lowest BCUT2D eigenvalue weighted by Gasteiger charge is -2.22. The van der Waals surface area contributed by atoms with Crippen molar-refractivity contribution < 1.29 is 4.79 Å². The number of benzene rings is 2. The number of hydrogen-bond donors (Lipinski definition) is 2. The highest BCUT2D eigenvalue weighted by Crippen LogP contribution is 2.36. The van der Waals surface area contributed by atoms with Crippen molar-refractivity contribution in [3.8, 4) is 0 Å². The third-order valence-electron chi connectivity index (χ3n) is 6.46. The molecular formula is C29H39ClN2OS. The average molecular weight is 499 g/mol. The highest BCUT2D eigenvalue weighted by atomic mass is 35.5. The van der Waals surface area contributed by atoms with Crippen LogP contribution in [-0.2, 0) is 0 Å². The summed E-state index contributed by atoms with van der Waals surface area (Å²) in [6.45, 7) is 13.8. The van der Waals surface area contributed by atoms with Gasteiger partial charge in [-0.15, -0.1) is 11.3 Å². The smallest absolute Gasteiger partial charge is 0.319 e. The van der Waals surface area contributed by atoms with Gasteiger partial charge >= 0.3 is 6.03 Å². The molecule has 0 aliphatic carbocycles. The van der Waals surface area contributed by atoms with Crippen molar-refractivity contribution in [2.75, 3.05) is 11.9 Å². The number of anilines is 1. The Morgan fingerprint density at radius 3 is 2.24 bits per heavy atom. The lowest BCUT2D eigenvalue weighted by Crippen LogP contribution is -2.33. The Balaban J connectivity index is 1.79. The Bertz CT molecular complexity index is 1080. The third kappa shape index (κ3) is 6.76. The molecule has 1 unspecified atom stereocenters. The Morgan fingerprint density at radius 1 is 0.941 bits per heavy atom. The lowest BCUT2D eigenvalue weighted by atomic mass is 9.91. The molecule has 0 fully saturated rings. The van der Waals surface area contributed by atoms with Gasteiger partial charge in [0.15, 0.2) is 0 Å². The second-order valence-corrected chi connectivity index (χ2v) is 11.7. The molecule has 184 valence electrons. The maximum atomic E-state index is 13.1. The van der Waals surface area contributed by atoms with E-state index in [1.54, 1.807) is 11.3 Å². The molecule has 0 bridgehead atoms. The zero-order valence-corrected chi connectivity index (χ0v) is 22.9. The first-order valence-electron chi connectivity index (χ1n) is 12.5. The first-order valence-corrected chi connectivity index (χ1v) is 13.8. The van der Waals surface area contributed by atoms with Crippen LogP contribution in [0.2, 0.25) is 5.02 Å². The Hall–Kier alpha value is -2.04. The molecule has 0 radical (unpaired) electrons. The van der Waals surface area contributed by atoms with Crippen LogP contribution in [0.15, 0.2) is 41.8 Å². The van der Waals surface area contributed by atoms with Gasteiger partial charge in [-0.25, -0.2) is 4.79 Å². The summed E-state index contributed by atoms with van der Waals surface area (Å²) in [6, 6.07) is 12.3. The van der Waals surface area contributed by atoms with Crippen molar-refractivity contribution >= 4 is 44.7 Å². The molecule has 3 rings (SSSR count). The molecule has 1 atom stereocenters. The van der Waals surface area contributed by atoms with E-state index in [1.165, 1.54) is 33.2 Å². The van der Waals surface area contributed by atoms with Gasteiger partial charge in [0.1, 0.15) is 0 Å². The van der Waals surface area contributed by atoms with Gasteiger partial charge in [0, 0.05) is 27.9 Å². The monoisotopic (exact) mass is 498 g/mol. The van der Waals surface area contributed by atoms with Gasteiger partial charge in [0.05, 0.1) is 0 Å². The summed E-state index contributed by atoms with van der Waals surface area (Å²) in [5.74, 6) is 1.59. The fraction of sp³-hybridized carbons (Fsp3) is 0.483. The van der Waals surface area contributed by atoms with E-state index in [9.17, 15) is 4.79 Å². The number of rotatable bonds is 10. The summed E-state index contributed by atoms with van der Waals surface area (Å²) in [7, 11) is 0. The quantitative estimate of drug-likeness (QED) is 0.287. The topological polar surface area (TPSA) is 41.1 Å². The normalized spacial score (nSPS) is 12.6. The Kier molecular flexibility index (Phi) is 9.44. The van der Waals surface area contributed by atoms with E-state index < -0.39 is 0 Å². The van der Waals surface area contributed by atoms with E-state index in [-0.39, 0.29) is 11.9 Å². The van der Waals surface area contributed by atoms with E-state index in [0.717, 1.165) is 23.6 Å². The molecule has 0 saturated heterocycles. The molecule has 0 saturated carbocycles. The van der Waals surface area contributed by atoms with Crippen LogP contribution in [0.4, 0.5) is 10.5 Å². The summed E-state index contributed by atoms with van der Waals surface area (Å²) in [5, 5.41) is 10.6. The highest BCUT2D eigenvalue weighted by molar-refractivity contribution is 7.17. The maximum absolute atomic E-state index is 13.1. The molecule has 2 N–H and O–H groups in total. The van der Waals surface area contributed by atoms with E-state index in [2.05, 4.69) is 87.9 Å². The third-order valence-corrected chi connectivity index (χ3v) is 7.68. The van der Waals surface area contributed by atoms with E-state index in [4.69, 9.17) is 11.6 Å². The average Bonchev–Trinajstić information content (AvgIpc) is 3.18. The van der Waals surface area contributed by atoms with Crippen molar-refractivity contribution in [2.24, 2.45) is 5.92 Å². The second kappa shape index (κ2) is 12.1. The second-order valence-electron chi connectivity index (χ2n) is 10.3. The van der Waals surface area contributed by atoms with Crippen LogP contribution in [0.1, 0.15) is 95.2 Å². The number of amides is 2. The van der Waals surface area contributed by atoms with E-state index in [1.807, 2.05) is 6.07 Å². The number of urea groups is 1. The van der Waals surface area contributed by atoms with Crippen LogP contribution in [0, 0.1) is 5.92 Å². The van der Waals surface area contributed by atoms with Crippen LogP contribution < -0.4 is 10.6 Å². The molecule has 1 aromatic heterocycles. The zero-order chi connectivity index (χ0) is 24.8. The SMILES string of the molecule is CC(C)CCCC(CNC(=O)Nc1c(C(C)C)cccc1C(C)C)c1csc2ccc(Cl)cc12. The number of fused-ring (bicyclic) bond motifs is 1. The minimum Gasteiger partial charge on any atom is -0.337 e. The summed E-state index contributed by atoms with van der Waals surface area (Å²) in [5.41, 5.74) is 4.59. The predicted octanol–water partition coefficient (Wildman–Crippen LogP) is 9.53. The zero-order valence-electron chi connectivity index (χ0n) is 21.4. The maximum Gasteiger partial charge on any atom is 0.319 e. The van der Waals surface area contributed by atoms with Crippen LogP contribution in [0.25, 0.3) is 10.1 Å². The Labute approximate surface area is 214 Å². The number of thiophene rings is 1. The summed E-state index contributed by atoms with van der Waals surface area (Å²) >= 11 is 8.07. The number of carbonyl (C=O) groups excluding carboxylic acids is 1. The molecule has 0 aliphatic heterocycles. The first-order chi connectivity index (χ1) is 16.2. The van der Waals surface area contributed by atoms with Gasteiger partial charge in [-0.05, 0) is 69.8 Å². The fourth-order valence-corrected chi connectivity index (χ4v) is 5.74. The number of nitrogens with one attached hydrogen (secondary N) is 2. The summed E-state index contributed by atoms with van der Waals surface area (Å²) in [4.78, 5) is 13.1. The van der Waals surface area contributed by atoms with Gasteiger partial charge in [0.2, 0.25) is 0 Å². The standard InChI is InChI=1S/C29H39ClN2OS/c1-18(2)9-7-10-21(26-17-34-27-14-13-22(30)15-25(26)27)16-31-29(33)32-28-23(19(3)4)11-8-12-24(28)20(5)6/h8,11-15,17-21H,7,9-10,16H2,1-6H3,(H2,31,32,33).